The van der Waals surface area contributed by atoms with Crippen LogP contribution in [0, 0.1) is 5.92 Å². The van der Waals surface area contributed by atoms with E-state index in [4.69, 9.17) is 13.9 Å². The molecule has 1 atom stereocenters. The first-order valence-electron chi connectivity index (χ1n) is 13.4. The lowest BCUT2D eigenvalue weighted by atomic mass is 9.89. The lowest BCUT2D eigenvalue weighted by Crippen LogP contribution is -2.29. The van der Waals surface area contributed by atoms with Gasteiger partial charge >= 0.3 is 11.6 Å². The summed E-state index contributed by atoms with van der Waals surface area (Å²) in [5, 5.41) is 11.9. The summed E-state index contributed by atoms with van der Waals surface area (Å²) in [6.45, 7) is 5.44. The summed E-state index contributed by atoms with van der Waals surface area (Å²) in [6.07, 6.45) is 6.54. The zero-order valence-electron chi connectivity index (χ0n) is 23.0. The average molecular weight is 551 g/mol. The number of carbonyl (C=O) groups excluding carboxylic acids is 2. The van der Waals surface area contributed by atoms with Gasteiger partial charge in [-0.15, -0.1) is 0 Å². The lowest BCUT2D eigenvalue weighted by Gasteiger charge is -2.30. The van der Waals surface area contributed by atoms with Gasteiger partial charge in [-0.3, -0.25) is 4.79 Å². The van der Waals surface area contributed by atoms with Gasteiger partial charge in [0, 0.05) is 24.1 Å². The van der Waals surface area contributed by atoms with Gasteiger partial charge in [-0.2, -0.15) is 0 Å². The number of phenolic OH excluding ortho intramolecular Hbond substituents is 1. The van der Waals surface area contributed by atoms with E-state index in [1.165, 1.54) is 12.1 Å². The van der Waals surface area contributed by atoms with Crippen LogP contribution in [0.15, 0.2) is 88.1 Å². The van der Waals surface area contributed by atoms with Gasteiger partial charge in [-0.25, -0.2) is 9.59 Å². The van der Waals surface area contributed by atoms with Crippen LogP contribution in [-0.2, 0) is 9.53 Å². The molecule has 2 heterocycles. The van der Waals surface area contributed by atoms with Crippen molar-refractivity contribution in [3.8, 4) is 22.6 Å². The van der Waals surface area contributed by atoms with Crippen molar-refractivity contribution in [1.82, 2.24) is 0 Å². The van der Waals surface area contributed by atoms with Crippen molar-refractivity contribution < 1.29 is 28.6 Å². The van der Waals surface area contributed by atoms with E-state index in [1.54, 1.807) is 25.2 Å². The molecular weight excluding hydrogens is 520 g/mol. The Kier molecular flexibility index (Phi) is 7.62. The van der Waals surface area contributed by atoms with Gasteiger partial charge in [0.1, 0.15) is 22.7 Å². The standard InChI is InChI=1S/C34H30O7/c1-21(20-39-27(36)15-14-22-10-6-4-7-11-22)18-26(35)30-31(38)29-25(23-12-8-5-9-13-23)19-28(37)40-32(29)24-16-17-34(2,3)41-33(24)30/h4-17,19,21,38H,18,20H2,1-3H3/t21-/m0/s1. The highest BCUT2D eigenvalue weighted by Crippen LogP contribution is 2.47. The van der Waals surface area contributed by atoms with Crippen molar-refractivity contribution in [2.24, 2.45) is 5.92 Å². The summed E-state index contributed by atoms with van der Waals surface area (Å²) >= 11 is 0. The van der Waals surface area contributed by atoms with Crippen molar-refractivity contribution in [3.05, 3.63) is 106 Å². The molecule has 0 amide bonds. The summed E-state index contributed by atoms with van der Waals surface area (Å²) < 4.78 is 17.1. The van der Waals surface area contributed by atoms with Gasteiger partial charge in [-0.1, -0.05) is 67.6 Å². The molecule has 5 rings (SSSR count). The molecule has 0 bridgehead atoms. The molecule has 4 aromatic rings. The molecule has 7 heteroatoms. The van der Waals surface area contributed by atoms with Crippen molar-refractivity contribution in [1.29, 1.82) is 0 Å². The van der Waals surface area contributed by atoms with E-state index < -0.39 is 17.2 Å². The molecule has 1 aliphatic heterocycles. The van der Waals surface area contributed by atoms with Crippen LogP contribution in [0.2, 0.25) is 0 Å². The number of hydrogen-bond donors (Lipinski definition) is 1. The van der Waals surface area contributed by atoms with E-state index in [0.717, 1.165) is 5.56 Å². The summed E-state index contributed by atoms with van der Waals surface area (Å²) in [5.74, 6) is -1.43. The first-order chi connectivity index (χ1) is 19.6. The normalized spacial score (nSPS) is 14.4. The number of rotatable bonds is 8. The van der Waals surface area contributed by atoms with Crippen LogP contribution in [0.3, 0.4) is 0 Å². The van der Waals surface area contributed by atoms with Crippen molar-refractivity contribution in [2.75, 3.05) is 6.61 Å². The second-order valence-corrected chi connectivity index (χ2v) is 10.7. The van der Waals surface area contributed by atoms with Gasteiger partial charge in [0.2, 0.25) is 0 Å². The molecule has 0 unspecified atom stereocenters. The molecule has 3 aromatic carbocycles. The third-order valence-corrected chi connectivity index (χ3v) is 6.79. The highest BCUT2D eigenvalue weighted by Gasteiger charge is 2.33. The second kappa shape index (κ2) is 11.3. The van der Waals surface area contributed by atoms with Gasteiger partial charge in [0.05, 0.1) is 17.6 Å². The molecule has 208 valence electrons. The minimum Gasteiger partial charge on any atom is -0.506 e. The predicted octanol–water partition coefficient (Wildman–Crippen LogP) is 6.82. The second-order valence-electron chi connectivity index (χ2n) is 10.7. The molecule has 0 aliphatic carbocycles. The molecule has 41 heavy (non-hydrogen) atoms. The number of ether oxygens (including phenoxy) is 2. The number of Topliss-reactive ketones (excluding diaryl/α,β-unsaturated/α-hetero) is 1. The summed E-state index contributed by atoms with van der Waals surface area (Å²) in [5.41, 5.74) is 1.17. The maximum Gasteiger partial charge on any atom is 0.336 e. The van der Waals surface area contributed by atoms with Crippen LogP contribution < -0.4 is 10.4 Å². The SMILES string of the molecule is C[C@H](COC(=O)C=Cc1ccccc1)CC(=O)c1c2c(c3oc(=O)cc(-c4ccccc4)c3c1O)C=CC(C)(C)O2. The number of fused-ring (bicyclic) bond motifs is 3. The Balaban J connectivity index is 1.48. The number of benzene rings is 3. The number of aromatic hydroxyl groups is 1. The lowest BCUT2D eigenvalue weighted by molar-refractivity contribution is -0.138. The molecule has 0 saturated heterocycles. The first-order valence-corrected chi connectivity index (χ1v) is 13.4. The average Bonchev–Trinajstić information content (AvgIpc) is 2.95. The summed E-state index contributed by atoms with van der Waals surface area (Å²) in [6, 6.07) is 19.8. The Hall–Kier alpha value is -4.91. The van der Waals surface area contributed by atoms with Crippen molar-refractivity contribution >= 4 is 34.9 Å². The fourth-order valence-corrected chi connectivity index (χ4v) is 4.81. The van der Waals surface area contributed by atoms with E-state index in [9.17, 15) is 19.5 Å². The molecule has 0 radical (unpaired) electrons. The van der Waals surface area contributed by atoms with Crippen LogP contribution >= 0.6 is 0 Å². The maximum absolute atomic E-state index is 13.8. The molecule has 0 fully saturated rings. The van der Waals surface area contributed by atoms with Crippen LogP contribution in [0.4, 0.5) is 0 Å². The Morgan fingerprint density at radius 3 is 2.44 bits per heavy atom. The molecule has 0 saturated carbocycles. The third-order valence-electron chi connectivity index (χ3n) is 6.79. The minimum absolute atomic E-state index is 0.00175. The zero-order valence-corrected chi connectivity index (χ0v) is 23.0. The zero-order chi connectivity index (χ0) is 29.1. The minimum atomic E-state index is -0.772. The number of phenols is 1. The maximum atomic E-state index is 13.8. The molecule has 1 aromatic heterocycles. The van der Waals surface area contributed by atoms with Crippen molar-refractivity contribution in [3.63, 3.8) is 0 Å². The first kappa shape index (κ1) is 27.6. The Morgan fingerprint density at radius 2 is 1.73 bits per heavy atom. The van der Waals surface area contributed by atoms with E-state index in [2.05, 4.69) is 0 Å². The summed E-state index contributed by atoms with van der Waals surface area (Å²) in [7, 11) is 0. The smallest absolute Gasteiger partial charge is 0.336 e. The van der Waals surface area contributed by atoms with Crippen molar-refractivity contribution in [2.45, 2.75) is 32.8 Å². The van der Waals surface area contributed by atoms with Crippen LogP contribution in [0.1, 0.15) is 48.7 Å². The quantitative estimate of drug-likeness (QED) is 0.111. The summed E-state index contributed by atoms with van der Waals surface area (Å²) in [4.78, 5) is 38.6. The molecule has 7 nitrogen and oxygen atoms in total. The third kappa shape index (κ3) is 5.99. The van der Waals surface area contributed by atoms with E-state index in [-0.39, 0.29) is 52.8 Å². The van der Waals surface area contributed by atoms with E-state index >= 15 is 0 Å². The van der Waals surface area contributed by atoms with Crippen LogP contribution in [0.25, 0.3) is 34.2 Å². The van der Waals surface area contributed by atoms with Gasteiger partial charge in [-0.05, 0) is 49.1 Å². The molecule has 0 spiro atoms. The fraction of sp³-hybridized carbons (Fsp3) is 0.206. The van der Waals surface area contributed by atoms with Gasteiger partial charge in [0.15, 0.2) is 11.4 Å². The molecule has 1 N–H and O–H groups in total. The number of esters is 1. The number of carbonyl (C=O) groups is 2. The molecule has 1 aliphatic rings. The van der Waals surface area contributed by atoms with Gasteiger partial charge < -0.3 is 19.0 Å². The predicted molar refractivity (Wildman–Crippen MR) is 158 cm³/mol. The highest BCUT2D eigenvalue weighted by molar-refractivity contribution is 6.13. The number of ketones is 1. The monoisotopic (exact) mass is 550 g/mol. The largest absolute Gasteiger partial charge is 0.506 e. The van der Waals surface area contributed by atoms with E-state index in [1.807, 2.05) is 74.5 Å². The highest BCUT2D eigenvalue weighted by atomic mass is 16.5. The van der Waals surface area contributed by atoms with Crippen LogP contribution in [-0.4, -0.2) is 29.1 Å². The van der Waals surface area contributed by atoms with Crippen LogP contribution in [0.5, 0.6) is 11.5 Å². The number of hydrogen-bond acceptors (Lipinski definition) is 7. The Morgan fingerprint density at radius 1 is 1.05 bits per heavy atom. The Bertz CT molecular complexity index is 1730. The Labute approximate surface area is 237 Å². The molecular formula is C34H30O7. The van der Waals surface area contributed by atoms with Gasteiger partial charge in [0.25, 0.3) is 0 Å². The topological polar surface area (TPSA) is 103 Å². The fourth-order valence-electron chi connectivity index (χ4n) is 4.81. The van der Waals surface area contributed by atoms with E-state index in [0.29, 0.717) is 16.7 Å².